The van der Waals surface area contributed by atoms with Gasteiger partial charge in [-0.05, 0) is 36.5 Å². The highest BCUT2D eigenvalue weighted by Gasteiger charge is 2.26. The minimum Gasteiger partial charge on any atom is -0.349 e. The van der Waals surface area contributed by atoms with Crippen LogP contribution in [0, 0.1) is 18.2 Å². The molecule has 1 aromatic carbocycles. The number of benzene rings is 1. The van der Waals surface area contributed by atoms with Crippen LogP contribution < -0.4 is 5.32 Å². The number of hydrogen-bond donors (Lipinski definition) is 1. The summed E-state index contributed by atoms with van der Waals surface area (Å²) in [6, 6.07) is 4.52. The molecule has 2 nitrogen and oxygen atoms in total. The van der Waals surface area contributed by atoms with E-state index in [0.717, 1.165) is 5.56 Å². The maximum absolute atomic E-state index is 13.7. The molecular formula is C15H21ClFNO. The maximum atomic E-state index is 13.7. The number of amides is 1. The SMILES string of the molecule is Cc1ccc(C(=O)NC(CCCl)C(C)(C)C)c(F)c1. The quantitative estimate of drug-likeness (QED) is 0.835. The van der Waals surface area contributed by atoms with Crippen LogP contribution in [-0.4, -0.2) is 17.8 Å². The van der Waals surface area contributed by atoms with Crippen molar-refractivity contribution >= 4 is 17.5 Å². The highest BCUT2D eigenvalue weighted by molar-refractivity contribution is 6.17. The predicted molar refractivity (Wildman–Crippen MR) is 77.2 cm³/mol. The smallest absolute Gasteiger partial charge is 0.254 e. The number of carbonyl (C=O) groups is 1. The van der Waals surface area contributed by atoms with Crippen molar-refractivity contribution in [3.8, 4) is 0 Å². The summed E-state index contributed by atoms with van der Waals surface area (Å²) in [5.41, 5.74) is 0.753. The first-order valence-corrected chi connectivity index (χ1v) is 6.92. The molecule has 0 bridgehead atoms. The van der Waals surface area contributed by atoms with E-state index in [-0.39, 0.29) is 22.9 Å². The van der Waals surface area contributed by atoms with E-state index in [0.29, 0.717) is 12.3 Å². The van der Waals surface area contributed by atoms with Crippen LogP contribution in [0.15, 0.2) is 18.2 Å². The molecule has 0 spiro atoms. The Morgan fingerprint density at radius 1 is 1.42 bits per heavy atom. The highest BCUT2D eigenvalue weighted by Crippen LogP contribution is 2.23. The molecule has 0 aliphatic heterocycles. The molecule has 0 aliphatic carbocycles. The monoisotopic (exact) mass is 285 g/mol. The largest absolute Gasteiger partial charge is 0.349 e. The van der Waals surface area contributed by atoms with E-state index in [9.17, 15) is 9.18 Å². The molecule has 0 aromatic heterocycles. The van der Waals surface area contributed by atoms with Crippen LogP contribution in [0.3, 0.4) is 0 Å². The van der Waals surface area contributed by atoms with Gasteiger partial charge in [-0.15, -0.1) is 11.6 Å². The zero-order valence-corrected chi connectivity index (χ0v) is 12.6. The van der Waals surface area contributed by atoms with E-state index in [2.05, 4.69) is 5.32 Å². The summed E-state index contributed by atoms with van der Waals surface area (Å²) in [6.45, 7) is 7.86. The van der Waals surface area contributed by atoms with Crippen molar-refractivity contribution in [1.29, 1.82) is 0 Å². The van der Waals surface area contributed by atoms with Crippen molar-refractivity contribution in [2.75, 3.05) is 5.88 Å². The summed E-state index contributed by atoms with van der Waals surface area (Å²) in [4.78, 5) is 12.1. The highest BCUT2D eigenvalue weighted by atomic mass is 35.5. The number of carbonyl (C=O) groups excluding carboxylic acids is 1. The summed E-state index contributed by atoms with van der Waals surface area (Å²) in [6.07, 6.45) is 0.657. The van der Waals surface area contributed by atoms with Crippen LogP contribution >= 0.6 is 11.6 Å². The van der Waals surface area contributed by atoms with Gasteiger partial charge >= 0.3 is 0 Å². The normalized spacial score (nSPS) is 13.2. The molecule has 0 saturated heterocycles. The Balaban J connectivity index is 2.88. The lowest BCUT2D eigenvalue weighted by atomic mass is 9.85. The molecule has 0 heterocycles. The first-order chi connectivity index (χ1) is 8.75. The predicted octanol–water partition coefficient (Wildman–Crippen LogP) is 3.91. The summed E-state index contributed by atoms with van der Waals surface area (Å²) < 4.78 is 13.7. The standard InChI is InChI=1S/C15H21ClFNO/c1-10-5-6-11(12(17)9-10)14(19)18-13(7-8-16)15(2,3)4/h5-6,9,13H,7-8H2,1-4H3,(H,18,19). The molecule has 1 unspecified atom stereocenters. The van der Waals surface area contributed by atoms with Crippen LogP contribution in [0.4, 0.5) is 4.39 Å². The lowest BCUT2D eigenvalue weighted by molar-refractivity contribution is 0.0896. The lowest BCUT2D eigenvalue weighted by Gasteiger charge is -2.31. The topological polar surface area (TPSA) is 29.1 Å². The van der Waals surface area contributed by atoms with Crippen molar-refractivity contribution in [3.05, 3.63) is 35.1 Å². The Morgan fingerprint density at radius 2 is 2.05 bits per heavy atom. The Morgan fingerprint density at radius 3 is 2.53 bits per heavy atom. The van der Waals surface area contributed by atoms with Gasteiger partial charge in [-0.1, -0.05) is 26.8 Å². The third kappa shape index (κ3) is 4.50. The summed E-state index contributed by atoms with van der Waals surface area (Å²) in [7, 11) is 0. The molecule has 0 aliphatic rings. The van der Waals surface area contributed by atoms with Gasteiger partial charge in [-0.3, -0.25) is 4.79 Å². The summed E-state index contributed by atoms with van der Waals surface area (Å²) in [5, 5.41) is 2.87. The van der Waals surface area contributed by atoms with Crippen molar-refractivity contribution in [3.63, 3.8) is 0 Å². The van der Waals surface area contributed by atoms with Crippen molar-refractivity contribution in [2.45, 2.75) is 40.2 Å². The van der Waals surface area contributed by atoms with Crippen LogP contribution in [0.1, 0.15) is 43.1 Å². The Labute approximate surface area is 119 Å². The van der Waals surface area contributed by atoms with Crippen LogP contribution in [0.2, 0.25) is 0 Å². The van der Waals surface area contributed by atoms with Gasteiger partial charge in [-0.25, -0.2) is 4.39 Å². The lowest BCUT2D eigenvalue weighted by Crippen LogP contribution is -2.44. The van der Waals surface area contributed by atoms with Gasteiger partial charge < -0.3 is 5.32 Å². The van der Waals surface area contributed by atoms with E-state index >= 15 is 0 Å². The van der Waals surface area contributed by atoms with Gasteiger partial charge in [0, 0.05) is 11.9 Å². The van der Waals surface area contributed by atoms with Gasteiger partial charge in [0.25, 0.3) is 5.91 Å². The molecule has 0 fully saturated rings. The molecule has 19 heavy (non-hydrogen) atoms. The average molecular weight is 286 g/mol. The maximum Gasteiger partial charge on any atom is 0.254 e. The van der Waals surface area contributed by atoms with E-state index in [1.165, 1.54) is 12.1 Å². The molecule has 4 heteroatoms. The number of halogens is 2. The fourth-order valence-electron chi connectivity index (χ4n) is 1.87. The molecule has 1 N–H and O–H groups in total. The number of nitrogens with one attached hydrogen (secondary N) is 1. The number of rotatable bonds is 4. The van der Waals surface area contributed by atoms with Gasteiger partial charge in [0.15, 0.2) is 0 Å². The zero-order valence-electron chi connectivity index (χ0n) is 11.9. The first-order valence-electron chi connectivity index (χ1n) is 6.38. The van der Waals surface area contributed by atoms with Gasteiger partial charge in [0.2, 0.25) is 0 Å². The molecule has 1 aromatic rings. The molecule has 106 valence electrons. The summed E-state index contributed by atoms with van der Waals surface area (Å²) in [5.74, 6) is -0.419. The first kappa shape index (κ1) is 16.0. The zero-order chi connectivity index (χ0) is 14.6. The van der Waals surface area contributed by atoms with Crippen molar-refractivity contribution in [1.82, 2.24) is 5.32 Å². The van der Waals surface area contributed by atoms with E-state index < -0.39 is 5.82 Å². The Bertz CT molecular complexity index is 454. The van der Waals surface area contributed by atoms with Gasteiger partial charge in [0.1, 0.15) is 5.82 Å². The molecular weight excluding hydrogens is 265 g/mol. The van der Waals surface area contributed by atoms with E-state index in [1.807, 2.05) is 20.8 Å². The summed E-state index contributed by atoms with van der Waals surface area (Å²) >= 11 is 5.76. The fraction of sp³-hybridized carbons (Fsp3) is 0.533. The van der Waals surface area contributed by atoms with Crippen LogP contribution in [0.25, 0.3) is 0 Å². The second-order valence-corrected chi connectivity index (χ2v) is 6.23. The second kappa shape index (κ2) is 6.38. The Kier molecular flexibility index (Phi) is 5.36. The van der Waals surface area contributed by atoms with Crippen LogP contribution in [0.5, 0.6) is 0 Å². The fourth-order valence-corrected chi connectivity index (χ4v) is 2.09. The van der Waals surface area contributed by atoms with Crippen molar-refractivity contribution in [2.24, 2.45) is 5.41 Å². The minimum atomic E-state index is -0.490. The second-order valence-electron chi connectivity index (χ2n) is 5.85. The van der Waals surface area contributed by atoms with Gasteiger partial charge in [-0.2, -0.15) is 0 Å². The van der Waals surface area contributed by atoms with E-state index in [1.54, 1.807) is 13.0 Å². The molecule has 1 amide bonds. The van der Waals surface area contributed by atoms with Gasteiger partial charge in [0.05, 0.1) is 5.56 Å². The van der Waals surface area contributed by atoms with Crippen LogP contribution in [-0.2, 0) is 0 Å². The molecule has 1 rings (SSSR count). The average Bonchev–Trinajstić information content (AvgIpc) is 2.26. The van der Waals surface area contributed by atoms with Crippen molar-refractivity contribution < 1.29 is 9.18 Å². The minimum absolute atomic E-state index is 0.0782. The number of hydrogen-bond acceptors (Lipinski definition) is 1. The molecule has 0 saturated carbocycles. The number of aryl methyl sites for hydroxylation is 1. The Hall–Kier alpha value is -1.09. The third-order valence-electron chi connectivity index (χ3n) is 3.12. The third-order valence-corrected chi connectivity index (χ3v) is 3.34. The molecule has 0 radical (unpaired) electrons. The molecule has 1 atom stereocenters. The number of alkyl halides is 1. The van der Waals surface area contributed by atoms with E-state index in [4.69, 9.17) is 11.6 Å².